The number of nitrogens with one attached hydrogen (secondary N) is 1. The first-order valence-electron chi connectivity index (χ1n) is 11.1. The molecule has 4 fully saturated rings. The Balaban J connectivity index is 1.42. The molecule has 2 aliphatic carbocycles. The third kappa shape index (κ3) is 2.59. The molecule has 0 spiro atoms. The maximum Gasteiger partial charge on any atom is 0.254 e. The van der Waals surface area contributed by atoms with Gasteiger partial charge in [0.15, 0.2) is 0 Å². The van der Waals surface area contributed by atoms with Gasteiger partial charge in [-0.2, -0.15) is 0 Å². The minimum Gasteiger partial charge on any atom is -0.373 e. The quantitative estimate of drug-likeness (QED) is 0.769. The highest BCUT2D eigenvalue weighted by molar-refractivity contribution is 7.17. The zero-order valence-electron chi connectivity index (χ0n) is 16.6. The lowest BCUT2D eigenvalue weighted by atomic mass is 9.81. The molecule has 6 nitrogen and oxygen atoms in total. The van der Waals surface area contributed by atoms with E-state index >= 15 is 0 Å². The van der Waals surface area contributed by atoms with Crippen molar-refractivity contribution in [3.63, 3.8) is 0 Å². The molecular weight excluding hydrogens is 388 g/mol. The summed E-state index contributed by atoms with van der Waals surface area (Å²) >= 11 is 1.51. The van der Waals surface area contributed by atoms with Crippen LogP contribution in [-0.2, 0) is 27.2 Å². The van der Waals surface area contributed by atoms with Crippen molar-refractivity contribution >= 4 is 34.1 Å². The number of hydrogen-bond acceptors (Lipinski definition) is 5. The van der Waals surface area contributed by atoms with Crippen LogP contribution >= 0.6 is 11.3 Å². The molecule has 1 aromatic rings. The van der Waals surface area contributed by atoms with E-state index in [4.69, 9.17) is 4.74 Å². The molecule has 7 heteroatoms. The minimum atomic E-state index is -0.358. The third-order valence-corrected chi connectivity index (χ3v) is 8.79. The van der Waals surface area contributed by atoms with E-state index in [0.717, 1.165) is 56.9 Å². The lowest BCUT2D eigenvalue weighted by molar-refractivity contribution is -0.124. The predicted molar refractivity (Wildman–Crippen MR) is 108 cm³/mol. The Morgan fingerprint density at radius 1 is 1.10 bits per heavy atom. The van der Waals surface area contributed by atoms with Gasteiger partial charge in [0.1, 0.15) is 5.00 Å². The number of thiophene rings is 1. The van der Waals surface area contributed by atoms with Crippen molar-refractivity contribution in [3.8, 4) is 0 Å². The number of imide groups is 1. The van der Waals surface area contributed by atoms with Gasteiger partial charge in [0.05, 0.1) is 29.6 Å². The molecule has 1 aromatic heterocycles. The van der Waals surface area contributed by atoms with E-state index in [0.29, 0.717) is 16.5 Å². The van der Waals surface area contributed by atoms with Crippen LogP contribution in [-0.4, -0.2) is 36.0 Å². The average Bonchev–Trinajstić information content (AvgIpc) is 3.07. The Labute approximate surface area is 174 Å². The van der Waals surface area contributed by atoms with E-state index in [1.807, 2.05) is 0 Å². The maximum absolute atomic E-state index is 13.3. The molecule has 6 rings (SSSR count). The summed E-state index contributed by atoms with van der Waals surface area (Å²) in [6.07, 6.45) is 7.45. The Morgan fingerprint density at radius 2 is 1.79 bits per heavy atom. The normalized spacial score (nSPS) is 35.2. The number of anilines is 1. The van der Waals surface area contributed by atoms with Crippen LogP contribution in [0.5, 0.6) is 0 Å². The lowest BCUT2D eigenvalue weighted by Gasteiger charge is -2.21. The molecule has 3 aliphatic heterocycles. The summed E-state index contributed by atoms with van der Waals surface area (Å²) in [4.78, 5) is 42.4. The van der Waals surface area contributed by atoms with Crippen LogP contribution in [0.4, 0.5) is 5.00 Å². The Bertz CT molecular complexity index is 892. The molecule has 3 amide bonds. The van der Waals surface area contributed by atoms with Crippen molar-refractivity contribution in [2.45, 2.75) is 76.5 Å². The molecular formula is C22H26N2O4S. The average molecular weight is 415 g/mol. The van der Waals surface area contributed by atoms with E-state index < -0.39 is 0 Å². The van der Waals surface area contributed by atoms with Crippen molar-refractivity contribution in [1.29, 1.82) is 0 Å². The van der Waals surface area contributed by atoms with Crippen LogP contribution in [0.2, 0.25) is 0 Å². The monoisotopic (exact) mass is 414 g/mol. The third-order valence-electron chi connectivity index (χ3n) is 7.55. The Morgan fingerprint density at radius 3 is 2.41 bits per heavy atom. The van der Waals surface area contributed by atoms with Crippen molar-refractivity contribution in [1.82, 2.24) is 5.32 Å². The van der Waals surface area contributed by atoms with Gasteiger partial charge in [0.2, 0.25) is 11.8 Å². The second kappa shape index (κ2) is 6.38. The van der Waals surface area contributed by atoms with Crippen LogP contribution in [0.3, 0.4) is 0 Å². The van der Waals surface area contributed by atoms with Crippen molar-refractivity contribution < 1.29 is 19.1 Å². The first-order valence-corrected chi connectivity index (χ1v) is 11.9. The molecule has 5 atom stereocenters. The standard InChI is InChI=1S/C22H26N2O4S/c1-2-10-3-6-12-15(9-10)29-22(16(12)19(25)23-11-4-5-11)24-20(26)17-13-7-8-14(28-13)18(17)21(24)27/h10-11,13-14,17-18H,2-9H2,1H3,(H,23,25)/t10-,13+,14+,17+,18+/m1/s1. The van der Waals surface area contributed by atoms with Gasteiger partial charge < -0.3 is 10.1 Å². The molecule has 1 N–H and O–H groups in total. The van der Waals surface area contributed by atoms with Gasteiger partial charge in [0, 0.05) is 10.9 Å². The van der Waals surface area contributed by atoms with Gasteiger partial charge >= 0.3 is 0 Å². The number of amides is 3. The van der Waals surface area contributed by atoms with E-state index in [2.05, 4.69) is 12.2 Å². The van der Waals surface area contributed by atoms with Crippen LogP contribution < -0.4 is 10.2 Å². The number of nitrogens with zero attached hydrogens (tertiary/aromatic N) is 1. The first-order chi connectivity index (χ1) is 14.1. The molecule has 2 bridgehead atoms. The molecule has 1 saturated carbocycles. The SMILES string of the molecule is CC[C@@H]1CCc2c(sc(N3C(=O)[C@@H]4[C@@H](C3=O)[C@@H]3CC[C@@H]4O3)c2C(=O)NC2CC2)C1. The fourth-order valence-corrected chi connectivity index (χ4v) is 7.25. The number of ether oxygens (including phenoxy) is 1. The highest BCUT2D eigenvalue weighted by Crippen LogP contribution is 2.52. The largest absolute Gasteiger partial charge is 0.373 e. The number of rotatable bonds is 4. The summed E-state index contributed by atoms with van der Waals surface area (Å²) in [5.74, 6) is -0.517. The van der Waals surface area contributed by atoms with Crippen molar-refractivity contribution in [2.24, 2.45) is 17.8 Å². The zero-order valence-corrected chi connectivity index (χ0v) is 17.4. The predicted octanol–water partition coefficient (Wildman–Crippen LogP) is 2.82. The molecule has 4 heterocycles. The topological polar surface area (TPSA) is 75.7 Å². The van der Waals surface area contributed by atoms with Crippen molar-refractivity contribution in [2.75, 3.05) is 4.90 Å². The van der Waals surface area contributed by atoms with E-state index in [9.17, 15) is 14.4 Å². The fraction of sp³-hybridized carbons (Fsp3) is 0.682. The lowest BCUT2D eigenvalue weighted by Crippen LogP contribution is -2.36. The molecule has 0 aromatic carbocycles. The first kappa shape index (κ1) is 18.1. The van der Waals surface area contributed by atoms with Gasteiger partial charge in [-0.3, -0.25) is 14.4 Å². The Kier molecular flexibility index (Phi) is 3.98. The van der Waals surface area contributed by atoms with Gasteiger partial charge in [-0.1, -0.05) is 13.3 Å². The van der Waals surface area contributed by atoms with Crippen LogP contribution in [0, 0.1) is 17.8 Å². The molecule has 154 valence electrons. The highest BCUT2D eigenvalue weighted by Gasteiger charge is 2.63. The highest BCUT2D eigenvalue weighted by atomic mass is 32.1. The minimum absolute atomic E-state index is 0.105. The second-order valence-corrected chi connectivity index (χ2v) is 10.4. The summed E-state index contributed by atoms with van der Waals surface area (Å²) in [6, 6.07) is 0.242. The van der Waals surface area contributed by atoms with Gasteiger partial charge in [-0.05, 0) is 56.4 Å². The number of carbonyl (C=O) groups is 3. The maximum atomic E-state index is 13.3. The number of fused-ring (bicyclic) bond motifs is 6. The van der Waals surface area contributed by atoms with Gasteiger partial charge in [-0.15, -0.1) is 11.3 Å². The summed E-state index contributed by atoms with van der Waals surface area (Å²) in [7, 11) is 0. The summed E-state index contributed by atoms with van der Waals surface area (Å²) in [5, 5.41) is 3.68. The zero-order chi connectivity index (χ0) is 19.9. The van der Waals surface area contributed by atoms with Crippen LogP contribution in [0.25, 0.3) is 0 Å². The van der Waals surface area contributed by atoms with Crippen molar-refractivity contribution in [3.05, 3.63) is 16.0 Å². The summed E-state index contributed by atoms with van der Waals surface area (Å²) in [6.45, 7) is 2.20. The van der Waals surface area contributed by atoms with E-state index in [-0.39, 0.29) is 47.8 Å². The number of hydrogen-bond donors (Lipinski definition) is 1. The van der Waals surface area contributed by atoms with Gasteiger partial charge in [0.25, 0.3) is 5.91 Å². The van der Waals surface area contributed by atoms with Gasteiger partial charge in [-0.25, -0.2) is 4.90 Å². The second-order valence-electron chi connectivity index (χ2n) is 9.30. The smallest absolute Gasteiger partial charge is 0.254 e. The molecule has 5 aliphatic rings. The van der Waals surface area contributed by atoms with Crippen LogP contribution in [0.1, 0.15) is 66.2 Å². The summed E-state index contributed by atoms with van der Waals surface area (Å²) < 4.78 is 5.87. The van der Waals surface area contributed by atoms with E-state index in [1.54, 1.807) is 0 Å². The molecule has 0 unspecified atom stereocenters. The molecule has 29 heavy (non-hydrogen) atoms. The number of carbonyl (C=O) groups excluding carboxylic acids is 3. The van der Waals surface area contributed by atoms with Crippen LogP contribution in [0.15, 0.2) is 0 Å². The molecule has 0 radical (unpaired) electrons. The summed E-state index contributed by atoms with van der Waals surface area (Å²) in [5.41, 5.74) is 1.67. The van der Waals surface area contributed by atoms with E-state index in [1.165, 1.54) is 21.1 Å². The Hall–Kier alpha value is -1.73. The molecule has 3 saturated heterocycles. The fourth-order valence-electron chi connectivity index (χ4n) is 5.78.